The molecule has 31 heavy (non-hydrogen) atoms. The molecule has 0 saturated heterocycles. The molecule has 156 valence electrons. The van der Waals surface area contributed by atoms with E-state index in [4.69, 9.17) is 0 Å². The number of carbonyl (C=O) groups is 1. The van der Waals surface area contributed by atoms with Crippen molar-refractivity contribution in [2.24, 2.45) is 0 Å². The molecule has 1 aliphatic rings. The maximum absolute atomic E-state index is 12.9. The van der Waals surface area contributed by atoms with E-state index in [9.17, 15) is 9.59 Å². The third kappa shape index (κ3) is 4.10. The summed E-state index contributed by atoms with van der Waals surface area (Å²) >= 11 is 1.94. The van der Waals surface area contributed by atoms with Crippen molar-refractivity contribution in [1.82, 2.24) is 4.57 Å². The van der Waals surface area contributed by atoms with Gasteiger partial charge < -0.3 is 9.88 Å². The molecule has 1 heterocycles. The van der Waals surface area contributed by atoms with Gasteiger partial charge in [0.1, 0.15) is 6.54 Å². The van der Waals surface area contributed by atoms with E-state index in [-0.39, 0.29) is 17.9 Å². The third-order valence-electron chi connectivity index (χ3n) is 5.92. The number of carbonyl (C=O) groups excluding carboxylic acids is 1. The molecule has 0 unspecified atom stereocenters. The number of para-hydroxylation sites is 2. The van der Waals surface area contributed by atoms with E-state index in [2.05, 4.69) is 17.4 Å². The number of fused-ring (bicyclic) bond motifs is 2. The third-order valence-corrected chi connectivity index (χ3v) is 7.27. The molecule has 3 aromatic carbocycles. The Morgan fingerprint density at radius 3 is 2.06 bits per heavy atom. The van der Waals surface area contributed by atoms with Crippen LogP contribution in [0.5, 0.6) is 0 Å². The van der Waals surface area contributed by atoms with Crippen molar-refractivity contribution in [1.29, 1.82) is 0 Å². The average molecular weight is 429 g/mol. The van der Waals surface area contributed by atoms with E-state index in [0.717, 1.165) is 22.0 Å². The lowest BCUT2D eigenvalue weighted by Gasteiger charge is -2.15. The first-order chi connectivity index (χ1) is 15.2. The average Bonchev–Trinajstić information content (AvgIpc) is 3.31. The molecule has 4 aromatic rings. The number of hydrogen-bond donors (Lipinski definition) is 1. The monoisotopic (exact) mass is 428 g/mol. The Labute approximate surface area is 185 Å². The summed E-state index contributed by atoms with van der Waals surface area (Å²) in [6.45, 7) is 0.139. The lowest BCUT2D eigenvalue weighted by atomic mass is 10.1. The highest BCUT2D eigenvalue weighted by molar-refractivity contribution is 8.00. The lowest BCUT2D eigenvalue weighted by Crippen LogP contribution is -2.21. The molecule has 1 fully saturated rings. The number of nitrogens with zero attached hydrogens (tertiary/aromatic N) is 1. The first-order valence-electron chi connectivity index (χ1n) is 10.8. The van der Waals surface area contributed by atoms with Gasteiger partial charge in [0.2, 0.25) is 5.91 Å². The molecular weight excluding hydrogens is 404 g/mol. The van der Waals surface area contributed by atoms with Crippen molar-refractivity contribution < 1.29 is 4.79 Å². The number of pyridine rings is 1. The van der Waals surface area contributed by atoms with Crippen molar-refractivity contribution in [3.63, 3.8) is 0 Å². The summed E-state index contributed by atoms with van der Waals surface area (Å²) in [5, 5.41) is 4.99. The van der Waals surface area contributed by atoms with Gasteiger partial charge in [-0.25, -0.2) is 0 Å². The molecule has 1 N–H and O–H groups in total. The normalized spacial score (nSPS) is 14.3. The Morgan fingerprint density at radius 1 is 0.871 bits per heavy atom. The largest absolute Gasteiger partial charge is 0.331 e. The summed E-state index contributed by atoms with van der Waals surface area (Å²) in [4.78, 5) is 27.0. The predicted molar refractivity (Wildman–Crippen MR) is 129 cm³/mol. The molecule has 4 nitrogen and oxygen atoms in total. The van der Waals surface area contributed by atoms with Crippen molar-refractivity contribution in [2.45, 2.75) is 42.4 Å². The SMILES string of the molecule is O=C(Cn1c2ccccc2c(=O)c2ccccc21)Nc1ccc(SC2CCCC2)cc1. The zero-order chi connectivity index (χ0) is 21.2. The molecule has 1 amide bonds. The van der Waals surface area contributed by atoms with E-state index in [0.29, 0.717) is 10.8 Å². The summed E-state index contributed by atoms with van der Waals surface area (Å²) in [7, 11) is 0. The maximum atomic E-state index is 12.9. The molecule has 1 aliphatic carbocycles. The van der Waals surface area contributed by atoms with Gasteiger partial charge in [0, 0.05) is 26.6 Å². The quantitative estimate of drug-likeness (QED) is 0.407. The standard InChI is InChI=1S/C26H24N2O2S/c29-25(27-18-13-15-20(16-14-18)31-19-7-1-2-8-19)17-28-23-11-5-3-9-21(23)26(30)22-10-4-6-12-24(22)28/h3-6,9-16,19H,1-2,7-8,17H2,(H,27,29). The van der Waals surface area contributed by atoms with Crippen LogP contribution in [-0.2, 0) is 11.3 Å². The van der Waals surface area contributed by atoms with Crippen LogP contribution < -0.4 is 10.7 Å². The zero-order valence-electron chi connectivity index (χ0n) is 17.2. The molecule has 5 rings (SSSR count). The minimum absolute atomic E-state index is 0.00166. The van der Waals surface area contributed by atoms with Crippen LogP contribution >= 0.6 is 11.8 Å². The maximum Gasteiger partial charge on any atom is 0.244 e. The minimum Gasteiger partial charge on any atom is -0.331 e. The Bertz CT molecular complexity index is 1240. The van der Waals surface area contributed by atoms with E-state index in [1.54, 1.807) is 0 Å². The molecular formula is C26H24N2O2S. The summed E-state index contributed by atoms with van der Waals surface area (Å²) < 4.78 is 1.92. The van der Waals surface area contributed by atoms with Gasteiger partial charge in [-0.15, -0.1) is 11.8 Å². The zero-order valence-corrected chi connectivity index (χ0v) is 18.0. The van der Waals surface area contributed by atoms with Gasteiger partial charge in [-0.05, 0) is 61.4 Å². The van der Waals surface area contributed by atoms with E-state index < -0.39 is 0 Å². The van der Waals surface area contributed by atoms with Crippen molar-refractivity contribution in [2.75, 3.05) is 5.32 Å². The van der Waals surface area contributed by atoms with Gasteiger partial charge in [-0.3, -0.25) is 9.59 Å². The second-order valence-corrected chi connectivity index (χ2v) is 9.42. The van der Waals surface area contributed by atoms with Crippen LogP contribution in [0.25, 0.3) is 21.8 Å². The smallest absolute Gasteiger partial charge is 0.244 e. The number of amides is 1. The fourth-order valence-corrected chi connectivity index (χ4v) is 5.65. The fourth-order valence-electron chi connectivity index (χ4n) is 4.41. The van der Waals surface area contributed by atoms with Crippen LogP contribution in [0.4, 0.5) is 5.69 Å². The topological polar surface area (TPSA) is 51.1 Å². The van der Waals surface area contributed by atoms with Crippen LogP contribution in [0.1, 0.15) is 25.7 Å². The summed E-state index contributed by atoms with van der Waals surface area (Å²) in [6.07, 6.45) is 5.26. The van der Waals surface area contributed by atoms with Crippen molar-refractivity contribution >= 4 is 45.2 Å². The van der Waals surface area contributed by atoms with Crippen molar-refractivity contribution in [3.05, 3.63) is 83.0 Å². The van der Waals surface area contributed by atoms with Crippen LogP contribution in [0.3, 0.4) is 0 Å². The second-order valence-electron chi connectivity index (χ2n) is 8.05. The molecule has 5 heteroatoms. The number of benzene rings is 3. The Hall–Kier alpha value is -3.05. The summed E-state index contributed by atoms with van der Waals surface area (Å²) in [5.41, 5.74) is 2.32. The first-order valence-corrected chi connectivity index (χ1v) is 11.6. The number of aromatic nitrogens is 1. The van der Waals surface area contributed by atoms with Crippen LogP contribution in [0, 0.1) is 0 Å². The fraction of sp³-hybridized carbons (Fsp3) is 0.231. The summed E-state index contributed by atoms with van der Waals surface area (Å²) in [6, 6.07) is 23.0. The molecule has 0 aliphatic heterocycles. The van der Waals surface area contributed by atoms with Gasteiger partial charge in [0.25, 0.3) is 0 Å². The number of rotatable bonds is 5. The van der Waals surface area contributed by atoms with Crippen LogP contribution in [0.15, 0.2) is 82.5 Å². The van der Waals surface area contributed by atoms with E-state index in [1.165, 1.54) is 30.6 Å². The Kier molecular flexibility index (Phi) is 5.51. The molecule has 0 radical (unpaired) electrons. The molecule has 0 bridgehead atoms. The number of anilines is 1. The van der Waals surface area contributed by atoms with Gasteiger partial charge in [0.15, 0.2) is 5.43 Å². The Balaban J connectivity index is 1.39. The van der Waals surface area contributed by atoms with Gasteiger partial charge in [0.05, 0.1) is 11.0 Å². The number of hydrogen-bond acceptors (Lipinski definition) is 3. The molecule has 1 saturated carbocycles. The number of thioether (sulfide) groups is 1. The van der Waals surface area contributed by atoms with Gasteiger partial charge in [-0.1, -0.05) is 37.1 Å². The summed E-state index contributed by atoms with van der Waals surface area (Å²) in [5.74, 6) is -0.116. The Morgan fingerprint density at radius 2 is 1.45 bits per heavy atom. The highest BCUT2D eigenvalue weighted by atomic mass is 32.2. The van der Waals surface area contributed by atoms with Crippen molar-refractivity contribution in [3.8, 4) is 0 Å². The molecule has 0 spiro atoms. The van der Waals surface area contributed by atoms with Crippen LogP contribution in [-0.4, -0.2) is 15.7 Å². The second kappa shape index (κ2) is 8.60. The molecule has 0 atom stereocenters. The predicted octanol–water partition coefficient (Wildman–Crippen LogP) is 5.83. The van der Waals surface area contributed by atoms with Gasteiger partial charge in [-0.2, -0.15) is 0 Å². The highest BCUT2D eigenvalue weighted by Crippen LogP contribution is 2.35. The van der Waals surface area contributed by atoms with Crippen LogP contribution in [0.2, 0.25) is 0 Å². The van der Waals surface area contributed by atoms with E-state index in [1.807, 2.05) is 77.0 Å². The first kappa shape index (κ1) is 19.9. The number of nitrogens with one attached hydrogen (secondary N) is 1. The highest BCUT2D eigenvalue weighted by Gasteiger charge is 2.16. The molecule has 1 aromatic heterocycles. The van der Waals surface area contributed by atoms with Gasteiger partial charge >= 0.3 is 0 Å². The van der Waals surface area contributed by atoms with E-state index >= 15 is 0 Å². The lowest BCUT2D eigenvalue weighted by molar-refractivity contribution is -0.116. The minimum atomic E-state index is -0.116.